The van der Waals surface area contributed by atoms with Crippen molar-refractivity contribution < 1.29 is 157 Å². The van der Waals surface area contributed by atoms with E-state index in [1.54, 1.807) is 49.0 Å². The van der Waals surface area contributed by atoms with Gasteiger partial charge in [-0.2, -0.15) is 0 Å². The van der Waals surface area contributed by atoms with Gasteiger partial charge in [-0.1, -0.05) is 109 Å². The third kappa shape index (κ3) is 56.6. The lowest BCUT2D eigenvalue weighted by Crippen LogP contribution is -2.60. The molecule has 2 heterocycles. The van der Waals surface area contributed by atoms with Gasteiger partial charge in [-0.25, -0.2) is 9.59 Å². The van der Waals surface area contributed by atoms with Crippen LogP contribution in [0.1, 0.15) is 408 Å². The average Bonchev–Trinajstić information content (AvgIpc) is 0.987. The van der Waals surface area contributed by atoms with E-state index in [0.717, 1.165) is 102 Å². The minimum absolute atomic E-state index is 0.0150. The van der Waals surface area contributed by atoms with Crippen molar-refractivity contribution in [1.82, 2.24) is 0 Å². The summed E-state index contributed by atoms with van der Waals surface area (Å²) >= 11 is 0. The molecule has 8 aliphatic rings. The van der Waals surface area contributed by atoms with Crippen molar-refractivity contribution in [3.05, 3.63) is 0 Å². The van der Waals surface area contributed by atoms with E-state index in [4.69, 9.17) is 90.0 Å². The van der Waals surface area contributed by atoms with Crippen LogP contribution in [0.5, 0.6) is 0 Å². The van der Waals surface area contributed by atoms with Crippen molar-refractivity contribution in [3.8, 4) is 0 Å². The predicted molar refractivity (Wildman–Crippen MR) is 566 cm³/mol. The van der Waals surface area contributed by atoms with E-state index in [2.05, 4.69) is 30.2 Å². The molecule has 8 fully saturated rings. The third-order valence-electron chi connectivity index (χ3n) is 30.1. The molecule has 2 saturated heterocycles. The summed E-state index contributed by atoms with van der Waals surface area (Å²) in [6, 6.07) is 0. The van der Waals surface area contributed by atoms with Crippen LogP contribution in [0.2, 0.25) is 0 Å². The van der Waals surface area contributed by atoms with Gasteiger partial charge >= 0.3 is 71.6 Å². The lowest BCUT2D eigenvalue weighted by molar-refractivity contribution is -0.218. The zero-order valence-corrected chi connectivity index (χ0v) is 99.0. The largest absolute Gasteiger partial charge is 0.463 e. The molecular weight excluding hydrogens is 1900 g/mol. The summed E-state index contributed by atoms with van der Waals surface area (Å²) in [6.45, 7) is 68.2. The van der Waals surface area contributed by atoms with Crippen LogP contribution in [-0.2, 0) is 157 Å². The topological polar surface area (TPSA) is 399 Å². The maximum Gasteiger partial charge on any atom is 0.347 e. The number of esters is 12. The van der Waals surface area contributed by atoms with E-state index in [0.29, 0.717) is 136 Å². The Labute approximate surface area is 887 Å². The highest BCUT2D eigenvalue weighted by molar-refractivity contribution is 5.84. The molecule has 2 unspecified atom stereocenters. The lowest BCUT2D eigenvalue weighted by Gasteiger charge is -2.60. The van der Waals surface area contributed by atoms with E-state index in [-0.39, 0.29) is 102 Å². The molecule has 2 atom stereocenters. The summed E-state index contributed by atoms with van der Waals surface area (Å²) in [6.07, 6.45) is 28.0. The Bertz CT molecular complexity index is 3450. The highest BCUT2D eigenvalue weighted by Gasteiger charge is 2.59. The van der Waals surface area contributed by atoms with E-state index < -0.39 is 67.5 Å². The van der Waals surface area contributed by atoms with Crippen LogP contribution in [0.3, 0.4) is 0 Å². The standard InChI is InChI=1S/C18H30O2.C14H26O2.C13H24O3.3C11H22O4.2C10H16O4.2C8H16O3/c1-5-17(3,4)16(19)20-18(6-2)14-8-12-7-13(10-14)11-15(18)9-12;1-5-13(3,4)12(15)16-14(6-2)10-8-7-9-11-14;1-4-13(2,3)12(14)16-10-15-11-8-6-5-7-9-11;3*1-5-11(2,3)10(12)15-9-8-14-7-6-13-4;2*1-4-10(2,3)9(12)14-7-5-6-13-8(7)11;2*1-5-8(2,3)7(9)11-6-10-4/h12-15H,5-11H2,1-4H3;5-11H2,1-4H3;11H,4-10H2,1-3H3;3*5-9H2,1-4H3;2*7H,4-6H2,1-3H3;2*5-6H2,1-4H3. The maximum absolute atomic E-state index is 12.6. The molecule has 0 N–H and O–H groups in total. The van der Waals surface area contributed by atoms with Crippen LogP contribution in [-0.4, -0.2) is 250 Å². The number of carbonyl (C=O) groups is 12. The van der Waals surface area contributed by atoms with E-state index >= 15 is 0 Å². The predicted octanol–water partition coefficient (Wildman–Crippen LogP) is 22.5. The molecule has 0 aromatic carbocycles. The van der Waals surface area contributed by atoms with Gasteiger partial charge in [-0.3, -0.25) is 47.9 Å². The summed E-state index contributed by atoms with van der Waals surface area (Å²) < 4.78 is 106. The first-order chi connectivity index (χ1) is 68.6. The molecule has 6 saturated carbocycles. The molecule has 0 amide bonds. The first-order valence-electron chi connectivity index (χ1n) is 54.6. The molecule has 0 radical (unpaired) electrons. The monoisotopic (exact) mass is 2110 g/mol. The first kappa shape index (κ1) is 144. The Morgan fingerprint density at radius 1 is 0.279 bits per heavy atom. The maximum atomic E-state index is 12.6. The number of ether oxygens (including phenoxy) is 21. The van der Waals surface area contributed by atoms with Crippen molar-refractivity contribution in [1.29, 1.82) is 0 Å². The SMILES string of the molecule is CCC(C)(C)C(=O)OC1(CC)C2CC3CC(C2)CC1C3.CCC(C)(C)C(=O)OC1CCOC1=O.CCC(C)(C)C(=O)OC1CCOC1=O.CCC(C)(C)C(=O)OCCOCCOC.CCC(C)(C)C(=O)OCCOCCOC.CCC(C)(C)C(=O)OCCOCCOC.CCC(C)(C)C(=O)OCOC.CCC(C)(C)C(=O)OCOC.CCC(C)(C)C(=O)OCOC1CCCCC1.CCC1(OC(=O)C(C)(C)CC)CCCCC1. The number of rotatable bonds is 51. The Kier molecular flexibility index (Phi) is 73.0. The average molecular weight is 2110 g/mol. The number of cyclic esters (lactones) is 2. The van der Waals surface area contributed by atoms with Crippen molar-refractivity contribution in [2.45, 2.75) is 437 Å². The molecule has 8 rings (SSSR count). The number of carbonyl (C=O) groups excluding carboxylic acids is 12. The Hall–Kier alpha value is -6.72. The summed E-state index contributed by atoms with van der Waals surface area (Å²) in [5.74, 6) is 0.567. The normalized spacial score (nSPS) is 19.4. The van der Waals surface area contributed by atoms with Gasteiger partial charge in [0.05, 0.1) is 133 Å². The molecule has 0 aromatic rings. The summed E-state index contributed by atoms with van der Waals surface area (Å²) in [5.41, 5.74) is -4.36. The fraction of sp³-hybridized carbons (Fsp3) is 0.895. The molecule has 147 heavy (non-hydrogen) atoms. The van der Waals surface area contributed by atoms with Gasteiger partial charge in [0.2, 0.25) is 12.2 Å². The summed E-state index contributed by atoms with van der Waals surface area (Å²) in [5, 5.41) is 0. The van der Waals surface area contributed by atoms with Gasteiger partial charge in [-0.15, -0.1) is 0 Å². The second-order valence-electron chi connectivity index (χ2n) is 45.4. The Balaban J connectivity index is -0.00000157. The van der Waals surface area contributed by atoms with E-state index in [1.165, 1.54) is 84.8 Å². The van der Waals surface area contributed by atoms with Gasteiger partial charge in [-0.05, 0) is 310 Å². The molecule has 33 heteroatoms. The van der Waals surface area contributed by atoms with Crippen LogP contribution in [0.4, 0.5) is 0 Å². The smallest absolute Gasteiger partial charge is 0.347 e. The van der Waals surface area contributed by atoms with Crippen molar-refractivity contribution in [3.63, 3.8) is 0 Å². The zero-order valence-electron chi connectivity index (χ0n) is 99.0. The first-order valence-corrected chi connectivity index (χ1v) is 54.6. The Morgan fingerprint density at radius 3 is 0.796 bits per heavy atom. The summed E-state index contributed by atoms with van der Waals surface area (Å²) in [7, 11) is 7.84. The van der Waals surface area contributed by atoms with Crippen molar-refractivity contribution in [2.24, 2.45) is 77.8 Å². The molecule has 2 aliphatic heterocycles. The van der Waals surface area contributed by atoms with Crippen LogP contribution in [0.15, 0.2) is 0 Å². The fourth-order valence-electron chi connectivity index (χ4n) is 14.5. The van der Waals surface area contributed by atoms with Crippen LogP contribution < -0.4 is 0 Å². The molecule has 0 aromatic heterocycles. The highest BCUT2D eigenvalue weighted by Crippen LogP contribution is 2.61. The number of hydrogen-bond donors (Lipinski definition) is 0. The lowest BCUT2D eigenvalue weighted by atomic mass is 9.49. The Morgan fingerprint density at radius 2 is 0.537 bits per heavy atom. The minimum Gasteiger partial charge on any atom is -0.463 e. The number of methoxy groups -OCH3 is 5. The van der Waals surface area contributed by atoms with Gasteiger partial charge < -0.3 is 99.5 Å². The zero-order chi connectivity index (χ0) is 113. The van der Waals surface area contributed by atoms with Gasteiger partial charge in [0.1, 0.15) is 31.0 Å². The second kappa shape index (κ2) is 74.3. The number of hydrogen-bond acceptors (Lipinski definition) is 33. The van der Waals surface area contributed by atoms with Gasteiger partial charge in [0, 0.05) is 48.4 Å². The van der Waals surface area contributed by atoms with Crippen molar-refractivity contribution in [2.75, 3.05) is 148 Å². The van der Waals surface area contributed by atoms with E-state index in [1.807, 2.05) is 173 Å². The molecule has 6 aliphatic carbocycles. The fourth-order valence-corrected chi connectivity index (χ4v) is 14.5. The van der Waals surface area contributed by atoms with Crippen molar-refractivity contribution >= 4 is 71.6 Å². The highest BCUT2D eigenvalue weighted by atomic mass is 16.7. The van der Waals surface area contributed by atoms with Crippen LogP contribution >= 0.6 is 0 Å². The van der Waals surface area contributed by atoms with Crippen LogP contribution in [0.25, 0.3) is 0 Å². The molecule has 33 nitrogen and oxygen atoms in total. The van der Waals surface area contributed by atoms with Crippen LogP contribution in [0, 0.1) is 77.8 Å². The van der Waals surface area contributed by atoms with E-state index in [9.17, 15) is 57.5 Å². The second-order valence-corrected chi connectivity index (χ2v) is 45.4. The molecule has 864 valence electrons. The molecule has 0 spiro atoms. The molecular formula is C114H210O33. The molecule has 4 bridgehead atoms. The summed E-state index contributed by atoms with van der Waals surface area (Å²) in [4.78, 5) is 138. The third-order valence-corrected chi connectivity index (χ3v) is 30.1. The minimum atomic E-state index is -0.687. The quantitative estimate of drug-likeness (QED) is 0.0236. The van der Waals surface area contributed by atoms with Gasteiger partial charge in [0.25, 0.3) is 0 Å². The van der Waals surface area contributed by atoms with Gasteiger partial charge in [0.15, 0.2) is 20.4 Å².